The summed E-state index contributed by atoms with van der Waals surface area (Å²) in [5.41, 5.74) is 4.61. The summed E-state index contributed by atoms with van der Waals surface area (Å²) in [6.45, 7) is 4.14. The van der Waals surface area contributed by atoms with Crippen molar-refractivity contribution in [2.24, 2.45) is 11.8 Å². The van der Waals surface area contributed by atoms with Gasteiger partial charge in [-0.05, 0) is 35.4 Å². The Labute approximate surface area is 200 Å². The van der Waals surface area contributed by atoms with Crippen molar-refractivity contribution in [3.05, 3.63) is 81.0 Å². The Bertz CT molecular complexity index is 1400. The second-order valence-corrected chi connectivity index (χ2v) is 9.70. The van der Waals surface area contributed by atoms with Crippen LogP contribution in [0.4, 0.5) is 5.69 Å². The molecule has 33 heavy (non-hydrogen) atoms. The number of aromatic amines is 1. The molecule has 3 aromatic heterocycles. The van der Waals surface area contributed by atoms with Crippen LogP contribution in [0.3, 0.4) is 0 Å². The van der Waals surface area contributed by atoms with Crippen LogP contribution in [-0.4, -0.2) is 40.8 Å². The number of anilines is 1. The quantitative estimate of drug-likeness (QED) is 0.454. The lowest BCUT2D eigenvalue weighted by Crippen LogP contribution is -2.22. The zero-order valence-corrected chi connectivity index (χ0v) is 19.3. The fourth-order valence-electron chi connectivity index (χ4n) is 4.94. The van der Waals surface area contributed by atoms with E-state index in [4.69, 9.17) is 27.9 Å². The minimum atomic E-state index is -0.0793. The van der Waals surface area contributed by atoms with Crippen LogP contribution in [0.15, 0.2) is 59.8 Å². The van der Waals surface area contributed by atoms with Crippen molar-refractivity contribution < 1.29 is 4.74 Å². The van der Waals surface area contributed by atoms with Crippen LogP contribution >= 0.6 is 23.2 Å². The van der Waals surface area contributed by atoms with Crippen LogP contribution in [0.5, 0.6) is 0 Å². The van der Waals surface area contributed by atoms with E-state index in [1.54, 1.807) is 22.8 Å². The number of benzene rings is 1. The first kappa shape index (κ1) is 20.8. The SMILES string of the molecule is O=c1cc(-c2c[nH]c3ncc(N4C[C@H]5COC[C@H]5C4)cc23)ccn1Cc1ccc(Cl)c(Cl)c1. The molecule has 6 rings (SSSR count). The van der Waals surface area contributed by atoms with Gasteiger partial charge in [0.2, 0.25) is 0 Å². The van der Waals surface area contributed by atoms with Gasteiger partial charge in [0, 0.05) is 54.3 Å². The van der Waals surface area contributed by atoms with Crippen molar-refractivity contribution in [2.75, 3.05) is 31.2 Å². The highest BCUT2D eigenvalue weighted by Crippen LogP contribution is 2.35. The summed E-state index contributed by atoms with van der Waals surface area (Å²) in [6, 6.07) is 11.2. The predicted octanol–water partition coefficient (Wildman–Crippen LogP) is 4.83. The molecule has 0 radical (unpaired) electrons. The second-order valence-electron chi connectivity index (χ2n) is 8.88. The third-order valence-corrected chi connectivity index (χ3v) is 7.51. The number of halogens is 2. The van der Waals surface area contributed by atoms with Crippen LogP contribution in [0.2, 0.25) is 10.0 Å². The molecule has 2 aliphatic rings. The third-order valence-electron chi connectivity index (χ3n) is 6.77. The molecule has 0 bridgehead atoms. The second kappa shape index (κ2) is 8.20. The minimum Gasteiger partial charge on any atom is -0.381 e. The van der Waals surface area contributed by atoms with Gasteiger partial charge in [0.25, 0.3) is 5.56 Å². The number of H-pyrrole nitrogens is 1. The number of rotatable bonds is 4. The number of ether oxygens (including phenoxy) is 1. The monoisotopic (exact) mass is 480 g/mol. The molecule has 4 aromatic rings. The number of hydrogen-bond acceptors (Lipinski definition) is 4. The van der Waals surface area contributed by atoms with Crippen LogP contribution in [0.1, 0.15) is 5.56 Å². The zero-order valence-electron chi connectivity index (χ0n) is 17.8. The van der Waals surface area contributed by atoms with E-state index in [0.29, 0.717) is 28.4 Å². The Kier molecular flexibility index (Phi) is 5.17. The normalized spacial score (nSPS) is 20.0. The standard InChI is InChI=1S/C25H22Cl2N4O2/c26-22-2-1-15(5-23(22)27)10-30-4-3-16(6-24(30)32)21-9-29-25-20(21)7-19(8-28-25)31-11-17-13-33-14-18(17)12-31/h1-9,17-18H,10-14H2,(H,28,29)/t17-,18+. The maximum atomic E-state index is 12.9. The molecule has 168 valence electrons. The number of aromatic nitrogens is 3. The van der Waals surface area contributed by atoms with Crippen LogP contribution in [0, 0.1) is 11.8 Å². The Hall–Kier alpha value is -2.80. The first-order chi connectivity index (χ1) is 16.0. The summed E-state index contributed by atoms with van der Waals surface area (Å²) < 4.78 is 7.27. The van der Waals surface area contributed by atoms with Gasteiger partial charge in [0.05, 0.1) is 41.7 Å². The lowest BCUT2D eigenvalue weighted by molar-refractivity contribution is 0.177. The molecule has 1 N–H and O–H groups in total. The maximum absolute atomic E-state index is 12.9. The maximum Gasteiger partial charge on any atom is 0.251 e. The summed E-state index contributed by atoms with van der Waals surface area (Å²) >= 11 is 12.1. The fourth-order valence-corrected chi connectivity index (χ4v) is 5.26. The van der Waals surface area contributed by atoms with E-state index in [-0.39, 0.29) is 5.56 Å². The number of nitrogens with one attached hydrogen (secondary N) is 1. The first-order valence-corrected chi connectivity index (χ1v) is 11.8. The van der Waals surface area contributed by atoms with E-state index >= 15 is 0 Å². The van der Waals surface area contributed by atoms with Crippen molar-refractivity contribution in [1.82, 2.24) is 14.5 Å². The van der Waals surface area contributed by atoms with Crippen molar-refractivity contribution >= 4 is 39.9 Å². The Morgan fingerprint density at radius 3 is 2.64 bits per heavy atom. The molecule has 0 aliphatic carbocycles. The average Bonchev–Trinajstić information content (AvgIpc) is 3.52. The summed E-state index contributed by atoms with van der Waals surface area (Å²) in [5.74, 6) is 1.21. The van der Waals surface area contributed by atoms with Crippen LogP contribution in [0.25, 0.3) is 22.2 Å². The van der Waals surface area contributed by atoms with Crippen molar-refractivity contribution in [2.45, 2.75) is 6.54 Å². The van der Waals surface area contributed by atoms with E-state index in [1.807, 2.05) is 30.7 Å². The van der Waals surface area contributed by atoms with Gasteiger partial charge in [-0.25, -0.2) is 4.98 Å². The Balaban J connectivity index is 1.30. The summed E-state index contributed by atoms with van der Waals surface area (Å²) in [4.78, 5) is 23.2. The minimum absolute atomic E-state index is 0.0793. The molecule has 0 spiro atoms. The molecule has 0 saturated carbocycles. The highest BCUT2D eigenvalue weighted by atomic mass is 35.5. The van der Waals surface area contributed by atoms with Gasteiger partial charge in [0.1, 0.15) is 5.65 Å². The van der Waals surface area contributed by atoms with Crippen LogP contribution < -0.4 is 10.5 Å². The molecule has 2 aliphatic heterocycles. The van der Waals surface area contributed by atoms with E-state index in [2.05, 4.69) is 20.9 Å². The highest BCUT2D eigenvalue weighted by Gasteiger charge is 2.37. The fraction of sp³-hybridized carbons (Fsp3) is 0.280. The van der Waals surface area contributed by atoms with Gasteiger partial charge in [-0.2, -0.15) is 0 Å². The van der Waals surface area contributed by atoms with E-state index in [9.17, 15) is 4.79 Å². The summed E-state index contributed by atoms with van der Waals surface area (Å²) in [5, 5.41) is 2.00. The van der Waals surface area contributed by atoms with Gasteiger partial charge in [-0.15, -0.1) is 0 Å². The van der Waals surface area contributed by atoms with Gasteiger partial charge in [-0.3, -0.25) is 4.79 Å². The zero-order chi connectivity index (χ0) is 22.5. The number of hydrogen-bond donors (Lipinski definition) is 1. The van der Waals surface area contributed by atoms with Gasteiger partial charge >= 0.3 is 0 Å². The molecule has 6 nitrogen and oxygen atoms in total. The molecule has 8 heteroatoms. The van der Waals surface area contributed by atoms with Crippen molar-refractivity contribution in [3.63, 3.8) is 0 Å². The molecule has 2 fully saturated rings. The largest absolute Gasteiger partial charge is 0.381 e. The lowest BCUT2D eigenvalue weighted by atomic mass is 10.0. The third kappa shape index (κ3) is 3.82. The van der Waals surface area contributed by atoms with E-state index in [1.165, 1.54) is 0 Å². The number of fused-ring (bicyclic) bond motifs is 2. The number of pyridine rings is 2. The molecular weight excluding hydrogens is 459 g/mol. The van der Waals surface area contributed by atoms with Gasteiger partial charge in [0.15, 0.2) is 0 Å². The van der Waals surface area contributed by atoms with Gasteiger partial charge < -0.3 is 19.2 Å². The molecule has 0 amide bonds. The Morgan fingerprint density at radius 1 is 1.06 bits per heavy atom. The lowest BCUT2D eigenvalue weighted by Gasteiger charge is -2.19. The van der Waals surface area contributed by atoms with Crippen molar-refractivity contribution in [1.29, 1.82) is 0 Å². The predicted molar refractivity (Wildman–Crippen MR) is 131 cm³/mol. The van der Waals surface area contributed by atoms with Crippen LogP contribution in [-0.2, 0) is 11.3 Å². The molecule has 2 saturated heterocycles. The number of nitrogens with zero attached hydrogens (tertiary/aromatic N) is 3. The molecule has 0 unspecified atom stereocenters. The topological polar surface area (TPSA) is 63.1 Å². The van der Waals surface area contributed by atoms with Crippen molar-refractivity contribution in [3.8, 4) is 11.1 Å². The van der Waals surface area contributed by atoms with E-state index < -0.39 is 0 Å². The summed E-state index contributed by atoms with van der Waals surface area (Å²) in [6.07, 6.45) is 5.67. The molecule has 2 atom stereocenters. The highest BCUT2D eigenvalue weighted by molar-refractivity contribution is 6.42. The molecule has 1 aromatic carbocycles. The van der Waals surface area contributed by atoms with Gasteiger partial charge in [-0.1, -0.05) is 29.3 Å². The molecular formula is C25H22Cl2N4O2. The summed E-state index contributed by atoms with van der Waals surface area (Å²) in [7, 11) is 0. The Morgan fingerprint density at radius 2 is 1.88 bits per heavy atom. The average molecular weight is 481 g/mol. The first-order valence-electron chi connectivity index (χ1n) is 11.0. The molecule has 5 heterocycles. The smallest absolute Gasteiger partial charge is 0.251 e. The van der Waals surface area contributed by atoms with E-state index in [0.717, 1.165) is 59.7 Å².